The lowest BCUT2D eigenvalue weighted by atomic mass is 10.2. The van der Waals surface area contributed by atoms with E-state index in [1.807, 2.05) is 38.0 Å². The van der Waals surface area contributed by atoms with Crippen molar-refractivity contribution in [3.05, 3.63) is 34.9 Å². The maximum atomic E-state index is 10.9. The summed E-state index contributed by atoms with van der Waals surface area (Å²) in [6.45, 7) is 4.55. The Bertz CT molecular complexity index is 539. The first-order chi connectivity index (χ1) is 8.11. The number of aryl methyl sites for hydroxylation is 4. The minimum atomic E-state index is 0.705. The molecule has 0 radical (unpaired) electrons. The van der Waals surface area contributed by atoms with Crippen LogP contribution in [-0.4, -0.2) is 25.8 Å². The van der Waals surface area contributed by atoms with Gasteiger partial charge >= 0.3 is 0 Å². The number of nitrogens with zero attached hydrogens (tertiary/aromatic N) is 4. The molecular formula is C12H16N4O. The molecule has 0 unspecified atom stereocenters. The van der Waals surface area contributed by atoms with Crippen molar-refractivity contribution in [2.24, 2.45) is 7.05 Å². The van der Waals surface area contributed by atoms with Gasteiger partial charge in [-0.1, -0.05) is 0 Å². The molecule has 0 spiro atoms. The van der Waals surface area contributed by atoms with E-state index in [2.05, 4.69) is 10.2 Å². The molecule has 17 heavy (non-hydrogen) atoms. The van der Waals surface area contributed by atoms with Gasteiger partial charge in [-0.15, -0.1) is 0 Å². The van der Waals surface area contributed by atoms with Gasteiger partial charge in [0.25, 0.3) is 0 Å². The van der Waals surface area contributed by atoms with Crippen molar-refractivity contribution in [3.8, 4) is 0 Å². The molecule has 0 fully saturated rings. The molecule has 0 saturated carbocycles. The number of rotatable bonds is 4. The van der Waals surface area contributed by atoms with Crippen LogP contribution in [0.15, 0.2) is 12.4 Å². The molecule has 2 heterocycles. The number of aromatic nitrogens is 4. The Kier molecular flexibility index (Phi) is 3.08. The first-order valence-corrected chi connectivity index (χ1v) is 5.58. The van der Waals surface area contributed by atoms with E-state index in [0.717, 1.165) is 30.6 Å². The summed E-state index contributed by atoms with van der Waals surface area (Å²) in [4.78, 5) is 10.9. The van der Waals surface area contributed by atoms with E-state index >= 15 is 0 Å². The Hall–Kier alpha value is -1.91. The van der Waals surface area contributed by atoms with Crippen LogP contribution in [0, 0.1) is 13.8 Å². The first-order valence-electron chi connectivity index (χ1n) is 5.58. The maximum absolute atomic E-state index is 10.9. The van der Waals surface area contributed by atoms with Crippen LogP contribution < -0.4 is 0 Å². The van der Waals surface area contributed by atoms with Crippen molar-refractivity contribution in [1.82, 2.24) is 19.6 Å². The lowest BCUT2D eigenvalue weighted by Crippen LogP contribution is -2.05. The molecule has 0 N–H and O–H groups in total. The van der Waals surface area contributed by atoms with Gasteiger partial charge in [0.2, 0.25) is 0 Å². The van der Waals surface area contributed by atoms with Crippen LogP contribution in [0.25, 0.3) is 0 Å². The Morgan fingerprint density at radius 3 is 2.71 bits per heavy atom. The first kappa shape index (κ1) is 11.6. The number of hydrogen-bond donors (Lipinski definition) is 0. The fourth-order valence-corrected chi connectivity index (χ4v) is 1.94. The van der Waals surface area contributed by atoms with Gasteiger partial charge in [-0.2, -0.15) is 10.2 Å². The molecule has 0 aromatic carbocycles. The standard InChI is InChI=1S/C12H16N4O/c1-9-12(8-17)10(2)16(14-9)5-4-11-6-13-15(3)7-11/h6-8H,4-5H2,1-3H3. The van der Waals surface area contributed by atoms with Crippen molar-refractivity contribution in [2.75, 3.05) is 0 Å². The molecular weight excluding hydrogens is 216 g/mol. The van der Waals surface area contributed by atoms with Crippen molar-refractivity contribution in [3.63, 3.8) is 0 Å². The van der Waals surface area contributed by atoms with Crippen molar-refractivity contribution >= 4 is 6.29 Å². The molecule has 0 aliphatic carbocycles. The third-order valence-corrected chi connectivity index (χ3v) is 2.93. The van der Waals surface area contributed by atoms with Crippen LogP contribution >= 0.6 is 0 Å². The van der Waals surface area contributed by atoms with Crippen LogP contribution in [0.1, 0.15) is 27.3 Å². The van der Waals surface area contributed by atoms with Crippen LogP contribution in [0.4, 0.5) is 0 Å². The summed E-state index contributed by atoms with van der Waals surface area (Å²) in [5.74, 6) is 0. The van der Waals surface area contributed by atoms with Crippen LogP contribution in [0.3, 0.4) is 0 Å². The van der Waals surface area contributed by atoms with E-state index in [0.29, 0.717) is 5.56 Å². The Morgan fingerprint density at radius 2 is 2.18 bits per heavy atom. The third kappa shape index (κ3) is 2.27. The second-order valence-corrected chi connectivity index (χ2v) is 4.20. The second kappa shape index (κ2) is 4.53. The van der Waals surface area contributed by atoms with Crippen LogP contribution in [0.2, 0.25) is 0 Å². The summed E-state index contributed by atoms with van der Waals surface area (Å²) in [6, 6.07) is 0. The van der Waals surface area contributed by atoms with E-state index in [1.165, 1.54) is 5.56 Å². The minimum absolute atomic E-state index is 0.705. The van der Waals surface area contributed by atoms with E-state index in [-0.39, 0.29) is 0 Å². The van der Waals surface area contributed by atoms with E-state index in [9.17, 15) is 4.79 Å². The average Bonchev–Trinajstić information content (AvgIpc) is 2.81. The normalized spacial score (nSPS) is 10.8. The van der Waals surface area contributed by atoms with Crippen molar-refractivity contribution in [2.45, 2.75) is 26.8 Å². The third-order valence-electron chi connectivity index (χ3n) is 2.93. The molecule has 0 aliphatic rings. The smallest absolute Gasteiger partial charge is 0.153 e. The molecule has 0 atom stereocenters. The molecule has 0 bridgehead atoms. The van der Waals surface area contributed by atoms with E-state index in [1.54, 1.807) is 4.68 Å². The predicted octanol–water partition coefficient (Wildman–Crippen LogP) is 1.29. The van der Waals surface area contributed by atoms with E-state index in [4.69, 9.17) is 0 Å². The number of carbonyl (C=O) groups is 1. The highest BCUT2D eigenvalue weighted by molar-refractivity contribution is 5.77. The van der Waals surface area contributed by atoms with Crippen molar-refractivity contribution in [1.29, 1.82) is 0 Å². The molecule has 0 aliphatic heterocycles. The molecule has 2 aromatic rings. The molecule has 0 amide bonds. The second-order valence-electron chi connectivity index (χ2n) is 4.20. The number of aldehydes is 1. The highest BCUT2D eigenvalue weighted by atomic mass is 16.1. The summed E-state index contributed by atoms with van der Waals surface area (Å²) in [7, 11) is 1.90. The van der Waals surface area contributed by atoms with Crippen LogP contribution in [-0.2, 0) is 20.0 Å². The van der Waals surface area contributed by atoms with Gasteiger partial charge < -0.3 is 0 Å². The summed E-state index contributed by atoms with van der Waals surface area (Å²) < 4.78 is 3.67. The average molecular weight is 232 g/mol. The molecule has 2 rings (SSSR count). The van der Waals surface area contributed by atoms with Crippen molar-refractivity contribution < 1.29 is 4.79 Å². The van der Waals surface area contributed by atoms with Gasteiger partial charge in [0, 0.05) is 25.5 Å². The molecule has 2 aromatic heterocycles. The van der Waals surface area contributed by atoms with Gasteiger partial charge in [0.1, 0.15) is 0 Å². The Morgan fingerprint density at radius 1 is 1.41 bits per heavy atom. The zero-order valence-corrected chi connectivity index (χ0v) is 10.3. The molecule has 90 valence electrons. The zero-order valence-electron chi connectivity index (χ0n) is 10.3. The minimum Gasteiger partial charge on any atom is -0.298 e. The largest absolute Gasteiger partial charge is 0.298 e. The predicted molar refractivity (Wildman–Crippen MR) is 64.0 cm³/mol. The van der Waals surface area contributed by atoms with Gasteiger partial charge in [-0.05, 0) is 25.8 Å². The quantitative estimate of drug-likeness (QED) is 0.746. The fraction of sp³-hybridized carbons (Fsp3) is 0.417. The molecule has 0 saturated heterocycles. The lowest BCUT2D eigenvalue weighted by Gasteiger charge is -2.02. The topological polar surface area (TPSA) is 52.7 Å². The highest BCUT2D eigenvalue weighted by Gasteiger charge is 2.10. The monoisotopic (exact) mass is 232 g/mol. The number of hydrogen-bond acceptors (Lipinski definition) is 3. The summed E-state index contributed by atoms with van der Waals surface area (Å²) in [5, 5.41) is 8.48. The zero-order chi connectivity index (χ0) is 12.4. The summed E-state index contributed by atoms with van der Waals surface area (Å²) in [5.41, 5.74) is 3.61. The van der Waals surface area contributed by atoms with Gasteiger partial charge in [0.05, 0.1) is 17.5 Å². The van der Waals surface area contributed by atoms with E-state index < -0.39 is 0 Å². The van der Waals surface area contributed by atoms with Gasteiger partial charge in [-0.3, -0.25) is 14.2 Å². The maximum Gasteiger partial charge on any atom is 0.153 e. The fourth-order valence-electron chi connectivity index (χ4n) is 1.94. The highest BCUT2D eigenvalue weighted by Crippen LogP contribution is 2.11. The molecule has 5 nitrogen and oxygen atoms in total. The Labute approximate surface area is 100 Å². The lowest BCUT2D eigenvalue weighted by molar-refractivity contribution is 0.112. The SMILES string of the molecule is Cc1nn(CCc2cnn(C)c2)c(C)c1C=O. The number of carbonyl (C=O) groups excluding carboxylic acids is 1. The Balaban J connectivity index is 2.11. The summed E-state index contributed by atoms with van der Waals surface area (Å²) >= 11 is 0. The van der Waals surface area contributed by atoms with Gasteiger partial charge in [-0.25, -0.2) is 0 Å². The van der Waals surface area contributed by atoms with Gasteiger partial charge in [0.15, 0.2) is 6.29 Å². The van der Waals surface area contributed by atoms with Crippen LogP contribution in [0.5, 0.6) is 0 Å². The molecule has 5 heteroatoms. The summed E-state index contributed by atoms with van der Waals surface area (Å²) in [6.07, 6.45) is 5.59.